The van der Waals surface area contributed by atoms with Crippen LogP contribution in [-0.2, 0) is 6.42 Å². The van der Waals surface area contributed by atoms with Gasteiger partial charge in [-0.25, -0.2) is 4.52 Å². The zero-order valence-electron chi connectivity index (χ0n) is 9.61. The van der Waals surface area contributed by atoms with Gasteiger partial charge in [-0.05, 0) is 20.8 Å². The van der Waals surface area contributed by atoms with Gasteiger partial charge in [0.15, 0.2) is 0 Å². The monoisotopic (exact) mass is 218 g/mol. The molecule has 0 unspecified atom stereocenters. The molecule has 16 heavy (non-hydrogen) atoms. The van der Waals surface area contributed by atoms with E-state index >= 15 is 0 Å². The van der Waals surface area contributed by atoms with Gasteiger partial charge in [0, 0.05) is 6.07 Å². The van der Waals surface area contributed by atoms with E-state index in [9.17, 15) is 5.11 Å². The Balaban J connectivity index is 2.15. The maximum absolute atomic E-state index is 9.41. The van der Waals surface area contributed by atoms with E-state index < -0.39 is 5.60 Å². The van der Waals surface area contributed by atoms with Crippen LogP contribution in [0, 0.1) is 18.8 Å². The lowest BCUT2D eigenvalue weighted by Gasteiger charge is -2.05. The summed E-state index contributed by atoms with van der Waals surface area (Å²) in [5.74, 6) is 6.36. The van der Waals surface area contributed by atoms with Crippen LogP contribution in [0.5, 0.6) is 0 Å². The Kier molecular flexibility index (Phi) is 2.49. The summed E-state index contributed by atoms with van der Waals surface area (Å²) in [7, 11) is 0. The van der Waals surface area contributed by atoms with Crippen molar-refractivity contribution >= 4 is 5.71 Å². The molecule has 0 atom stereocenters. The number of aliphatic hydroxyl groups is 1. The minimum Gasteiger partial charge on any atom is -0.441 e. The third-order valence-electron chi connectivity index (χ3n) is 1.98. The van der Waals surface area contributed by atoms with Gasteiger partial charge in [-0.15, -0.1) is 0 Å². The number of hydrogen-bond acceptors (Lipinski definition) is 3. The van der Waals surface area contributed by atoms with Crippen molar-refractivity contribution in [2.45, 2.75) is 32.8 Å². The molecule has 2 aromatic heterocycles. The summed E-state index contributed by atoms with van der Waals surface area (Å²) in [6.45, 7) is 5.22. The highest BCUT2D eigenvalue weighted by molar-refractivity contribution is 5.36. The Morgan fingerprint density at radius 3 is 2.94 bits per heavy atom. The maximum Gasteiger partial charge on any atom is 0.222 e. The highest BCUT2D eigenvalue weighted by atomic mass is 16.4. The van der Waals surface area contributed by atoms with Crippen molar-refractivity contribution in [3.63, 3.8) is 0 Å². The Bertz CT molecular complexity index is 530. The Morgan fingerprint density at radius 2 is 2.31 bits per heavy atom. The van der Waals surface area contributed by atoms with Gasteiger partial charge in [0.25, 0.3) is 0 Å². The fourth-order valence-electron chi connectivity index (χ4n) is 1.39. The number of hydrogen-bond donors (Lipinski definition) is 1. The first-order valence-corrected chi connectivity index (χ1v) is 5.11. The zero-order valence-corrected chi connectivity index (χ0v) is 9.61. The van der Waals surface area contributed by atoms with E-state index in [2.05, 4.69) is 16.9 Å². The zero-order chi connectivity index (χ0) is 11.8. The van der Waals surface area contributed by atoms with Crippen LogP contribution in [0.2, 0.25) is 0 Å². The largest absolute Gasteiger partial charge is 0.441 e. The second-order valence-electron chi connectivity index (χ2n) is 4.30. The van der Waals surface area contributed by atoms with Crippen molar-refractivity contribution in [2.24, 2.45) is 0 Å². The molecule has 0 fully saturated rings. The maximum atomic E-state index is 9.41. The quantitative estimate of drug-likeness (QED) is 0.739. The summed E-state index contributed by atoms with van der Waals surface area (Å²) < 4.78 is 7.21. The van der Waals surface area contributed by atoms with Gasteiger partial charge in [-0.1, -0.05) is 11.8 Å². The lowest BCUT2D eigenvalue weighted by Crippen LogP contribution is -2.14. The molecule has 4 nitrogen and oxygen atoms in total. The number of aryl methyl sites for hydroxylation is 1. The van der Waals surface area contributed by atoms with Crippen molar-refractivity contribution in [3.05, 3.63) is 23.7 Å². The highest BCUT2D eigenvalue weighted by Crippen LogP contribution is 2.11. The van der Waals surface area contributed by atoms with Crippen molar-refractivity contribution in [3.8, 4) is 11.8 Å². The first-order valence-electron chi connectivity index (χ1n) is 5.11. The summed E-state index contributed by atoms with van der Waals surface area (Å²) in [4.78, 5) is 0. The normalized spacial score (nSPS) is 11.5. The molecule has 0 radical (unpaired) electrons. The van der Waals surface area contributed by atoms with E-state index in [0.29, 0.717) is 6.42 Å². The first kappa shape index (κ1) is 10.8. The van der Waals surface area contributed by atoms with Crippen LogP contribution in [0.1, 0.15) is 25.3 Å². The van der Waals surface area contributed by atoms with Crippen LogP contribution in [0.25, 0.3) is 5.71 Å². The molecular weight excluding hydrogens is 204 g/mol. The summed E-state index contributed by atoms with van der Waals surface area (Å²) >= 11 is 0. The van der Waals surface area contributed by atoms with Crippen molar-refractivity contribution in [1.29, 1.82) is 0 Å². The molecule has 2 rings (SSSR count). The van der Waals surface area contributed by atoms with E-state index in [0.717, 1.165) is 17.2 Å². The molecule has 0 amide bonds. The molecule has 0 aliphatic heterocycles. The van der Waals surface area contributed by atoms with Crippen molar-refractivity contribution < 1.29 is 9.52 Å². The lowest BCUT2D eigenvalue weighted by molar-refractivity contribution is 0.143. The van der Waals surface area contributed by atoms with Gasteiger partial charge in [-0.2, -0.15) is 5.10 Å². The van der Waals surface area contributed by atoms with E-state index in [1.165, 1.54) is 0 Å². The van der Waals surface area contributed by atoms with Crippen molar-refractivity contribution in [1.82, 2.24) is 9.61 Å². The number of oxazole rings is 1. The van der Waals surface area contributed by atoms with Gasteiger partial charge >= 0.3 is 0 Å². The Morgan fingerprint density at radius 1 is 1.56 bits per heavy atom. The molecule has 0 spiro atoms. The molecule has 0 aliphatic rings. The third kappa shape index (κ3) is 2.44. The average Bonchev–Trinajstić information content (AvgIpc) is 2.58. The fraction of sp³-hybridized carbons (Fsp3) is 0.417. The van der Waals surface area contributed by atoms with E-state index in [1.54, 1.807) is 24.6 Å². The van der Waals surface area contributed by atoms with Gasteiger partial charge < -0.3 is 9.52 Å². The molecular formula is C12H14N2O2. The SMILES string of the molecule is Cc1cc2oc(CC#CC(C)(C)O)cn2n1. The smallest absolute Gasteiger partial charge is 0.222 e. The number of aromatic nitrogens is 2. The third-order valence-corrected chi connectivity index (χ3v) is 1.98. The summed E-state index contributed by atoms with van der Waals surface area (Å²) in [5.41, 5.74) is 0.689. The molecule has 0 aliphatic carbocycles. The van der Waals surface area contributed by atoms with Crippen LogP contribution < -0.4 is 0 Å². The Labute approximate surface area is 93.9 Å². The number of fused-ring (bicyclic) bond motifs is 1. The second kappa shape index (κ2) is 3.69. The molecule has 0 bridgehead atoms. The van der Waals surface area contributed by atoms with Crippen molar-refractivity contribution in [2.75, 3.05) is 0 Å². The molecule has 0 saturated carbocycles. The van der Waals surface area contributed by atoms with Crippen LogP contribution in [-0.4, -0.2) is 20.3 Å². The average molecular weight is 218 g/mol. The van der Waals surface area contributed by atoms with E-state index in [-0.39, 0.29) is 0 Å². The fourth-order valence-corrected chi connectivity index (χ4v) is 1.39. The second-order valence-corrected chi connectivity index (χ2v) is 4.30. The van der Waals surface area contributed by atoms with E-state index in [1.807, 2.05) is 13.0 Å². The molecule has 4 heteroatoms. The minimum atomic E-state index is -0.955. The van der Waals surface area contributed by atoms with Gasteiger partial charge in [0.1, 0.15) is 11.4 Å². The molecule has 0 aromatic carbocycles. The summed E-state index contributed by atoms with van der Waals surface area (Å²) in [5, 5.41) is 13.6. The molecule has 2 heterocycles. The van der Waals surface area contributed by atoms with Gasteiger partial charge in [-0.3, -0.25) is 0 Å². The topological polar surface area (TPSA) is 50.7 Å². The lowest BCUT2D eigenvalue weighted by atomic mass is 10.1. The van der Waals surface area contributed by atoms with Crippen LogP contribution in [0.15, 0.2) is 16.7 Å². The summed E-state index contributed by atoms with van der Waals surface area (Å²) in [6.07, 6.45) is 2.29. The predicted molar refractivity (Wildman–Crippen MR) is 60.0 cm³/mol. The van der Waals surface area contributed by atoms with E-state index in [4.69, 9.17) is 4.42 Å². The van der Waals surface area contributed by atoms with Crippen LogP contribution in [0.4, 0.5) is 0 Å². The molecule has 1 N–H and O–H groups in total. The highest BCUT2D eigenvalue weighted by Gasteiger charge is 2.07. The van der Waals surface area contributed by atoms with Gasteiger partial charge in [0.05, 0.1) is 18.3 Å². The van der Waals surface area contributed by atoms with Crippen LogP contribution in [0.3, 0.4) is 0 Å². The standard InChI is InChI=1S/C12H14N2O2/c1-9-7-11-14(13-9)8-10(16-11)5-4-6-12(2,3)15/h7-8,15H,5H2,1-3H3. The first-order chi connectivity index (χ1) is 7.44. The number of nitrogens with zero attached hydrogens (tertiary/aromatic N) is 2. The molecule has 2 aromatic rings. The molecule has 0 saturated heterocycles. The minimum absolute atomic E-state index is 0.479. The summed E-state index contributed by atoms with van der Waals surface area (Å²) in [6, 6.07) is 1.87. The predicted octanol–water partition coefficient (Wildman–Crippen LogP) is 1.55. The number of rotatable bonds is 1. The molecule has 84 valence electrons. The Hall–Kier alpha value is -1.73. The van der Waals surface area contributed by atoms with Crippen LogP contribution >= 0.6 is 0 Å². The van der Waals surface area contributed by atoms with Gasteiger partial charge in [0.2, 0.25) is 5.71 Å².